The van der Waals surface area contributed by atoms with Crippen molar-refractivity contribution >= 4 is 0 Å². The summed E-state index contributed by atoms with van der Waals surface area (Å²) in [7, 11) is 0. The maximum Gasteiger partial charge on any atom is 0.103 e. The summed E-state index contributed by atoms with van der Waals surface area (Å²) in [5, 5.41) is 0. The monoisotopic (exact) mass is 258 g/mol. The van der Waals surface area contributed by atoms with Crippen LogP contribution in [0.25, 0.3) is 0 Å². The number of nitrogens with zero attached hydrogens (tertiary/aromatic N) is 1. The Labute approximate surface area is 118 Å². The molecule has 1 atom stereocenters. The molecule has 0 saturated heterocycles. The van der Waals surface area contributed by atoms with Gasteiger partial charge < -0.3 is 0 Å². The van der Waals surface area contributed by atoms with Gasteiger partial charge in [-0.3, -0.25) is 4.48 Å². The molecule has 0 amide bonds. The van der Waals surface area contributed by atoms with Crippen LogP contribution in [-0.4, -0.2) is 17.6 Å². The number of hydrogen-bond donors (Lipinski definition) is 0. The Morgan fingerprint density at radius 2 is 2.05 bits per heavy atom. The molecule has 0 radical (unpaired) electrons. The summed E-state index contributed by atoms with van der Waals surface area (Å²) in [6, 6.07) is 0. The highest BCUT2D eigenvalue weighted by Crippen LogP contribution is 2.25. The van der Waals surface area contributed by atoms with E-state index in [2.05, 4.69) is 71.2 Å². The first-order valence-electron chi connectivity index (χ1n) is 7.09. The van der Waals surface area contributed by atoms with Crippen LogP contribution in [0.15, 0.2) is 61.0 Å². The van der Waals surface area contributed by atoms with Crippen molar-refractivity contribution in [1.82, 2.24) is 0 Å². The number of hydrogen-bond acceptors (Lipinski definition) is 0. The van der Waals surface area contributed by atoms with E-state index < -0.39 is 0 Å². The van der Waals surface area contributed by atoms with E-state index in [0.717, 1.165) is 29.7 Å². The molecule has 104 valence electrons. The smallest absolute Gasteiger partial charge is 0.103 e. The second kappa shape index (κ2) is 6.21. The maximum absolute atomic E-state index is 4.12. The van der Waals surface area contributed by atoms with Crippen LogP contribution in [0.5, 0.6) is 0 Å². The molecule has 1 nitrogen and oxygen atoms in total. The third-order valence-electron chi connectivity index (χ3n) is 4.04. The van der Waals surface area contributed by atoms with Crippen LogP contribution in [0.2, 0.25) is 0 Å². The molecule has 0 aromatic heterocycles. The van der Waals surface area contributed by atoms with Crippen LogP contribution in [-0.2, 0) is 0 Å². The van der Waals surface area contributed by atoms with Crippen molar-refractivity contribution < 1.29 is 4.48 Å². The zero-order valence-electron chi connectivity index (χ0n) is 12.9. The first-order valence-corrected chi connectivity index (χ1v) is 7.09. The molecule has 19 heavy (non-hydrogen) atoms. The predicted octanol–water partition coefficient (Wildman–Crippen LogP) is 4.97. The van der Waals surface area contributed by atoms with Crippen molar-refractivity contribution in [2.24, 2.45) is 5.41 Å². The summed E-state index contributed by atoms with van der Waals surface area (Å²) in [6.45, 7) is 18.9. The molecule has 0 aromatic rings. The van der Waals surface area contributed by atoms with Crippen LogP contribution in [0.3, 0.4) is 0 Å². The van der Waals surface area contributed by atoms with Gasteiger partial charge in [0.25, 0.3) is 0 Å². The summed E-state index contributed by atoms with van der Waals surface area (Å²) in [6.07, 6.45) is 14.2. The molecule has 1 rings (SSSR count). The average Bonchev–Trinajstić information content (AvgIpc) is 2.52. The van der Waals surface area contributed by atoms with Crippen LogP contribution in [0.4, 0.5) is 0 Å². The van der Waals surface area contributed by atoms with E-state index in [1.807, 2.05) is 6.20 Å². The largest absolute Gasteiger partial charge is 0.270 e. The number of quaternary nitrogens is 1. The summed E-state index contributed by atoms with van der Waals surface area (Å²) < 4.78 is 0.790. The van der Waals surface area contributed by atoms with Gasteiger partial charge in [0.15, 0.2) is 0 Å². The van der Waals surface area contributed by atoms with E-state index in [1.54, 1.807) is 0 Å². The van der Waals surface area contributed by atoms with Crippen molar-refractivity contribution in [3.8, 4) is 0 Å². The molecule has 0 fully saturated rings. The van der Waals surface area contributed by atoms with Crippen molar-refractivity contribution in [2.75, 3.05) is 13.1 Å². The fourth-order valence-electron chi connectivity index (χ4n) is 2.34. The molecule has 0 aromatic carbocycles. The normalized spacial score (nSPS) is 20.3. The summed E-state index contributed by atoms with van der Waals surface area (Å²) in [5.41, 5.74) is 2.69. The second-order valence-corrected chi connectivity index (χ2v) is 6.00. The average molecular weight is 258 g/mol. The lowest BCUT2D eigenvalue weighted by Gasteiger charge is -2.33. The molecule has 0 bridgehead atoms. The zero-order chi connectivity index (χ0) is 14.5. The van der Waals surface area contributed by atoms with Gasteiger partial charge in [-0.25, -0.2) is 0 Å². The fraction of sp³-hybridized carbons (Fsp3) is 0.444. The lowest BCUT2D eigenvalue weighted by Crippen LogP contribution is -2.41. The summed E-state index contributed by atoms with van der Waals surface area (Å²) in [4.78, 5) is 0. The van der Waals surface area contributed by atoms with Crippen molar-refractivity contribution in [3.63, 3.8) is 0 Å². The van der Waals surface area contributed by atoms with Gasteiger partial charge in [0.2, 0.25) is 0 Å². The van der Waals surface area contributed by atoms with Gasteiger partial charge in [-0.2, -0.15) is 0 Å². The molecule has 1 aliphatic carbocycles. The van der Waals surface area contributed by atoms with Crippen LogP contribution >= 0.6 is 0 Å². The van der Waals surface area contributed by atoms with Gasteiger partial charge in [0, 0.05) is 18.8 Å². The Hall–Kier alpha value is -1.34. The Balaban J connectivity index is 2.77. The minimum Gasteiger partial charge on any atom is -0.270 e. The van der Waals surface area contributed by atoms with E-state index in [0.29, 0.717) is 0 Å². The first kappa shape index (κ1) is 15.7. The molecule has 0 heterocycles. The number of allylic oxidation sites excluding steroid dienone is 6. The van der Waals surface area contributed by atoms with Crippen molar-refractivity contribution in [2.45, 2.75) is 34.1 Å². The molecule has 0 N–H and O–H groups in total. The Morgan fingerprint density at radius 3 is 2.58 bits per heavy atom. The predicted molar refractivity (Wildman–Crippen MR) is 85.4 cm³/mol. The third-order valence-corrected chi connectivity index (χ3v) is 4.04. The Bertz CT molecular complexity index is 435. The lowest BCUT2D eigenvalue weighted by atomic mass is 9.93. The van der Waals surface area contributed by atoms with E-state index in [9.17, 15) is 0 Å². The van der Waals surface area contributed by atoms with Crippen LogP contribution < -0.4 is 0 Å². The quantitative estimate of drug-likeness (QED) is 0.590. The lowest BCUT2D eigenvalue weighted by molar-refractivity contribution is -0.838. The van der Waals surface area contributed by atoms with E-state index >= 15 is 0 Å². The molecule has 0 aliphatic heterocycles. The fourth-order valence-corrected chi connectivity index (χ4v) is 2.34. The third kappa shape index (κ3) is 4.07. The van der Waals surface area contributed by atoms with E-state index in [1.165, 1.54) is 5.57 Å². The van der Waals surface area contributed by atoms with Crippen LogP contribution in [0.1, 0.15) is 34.1 Å². The summed E-state index contributed by atoms with van der Waals surface area (Å²) in [5.74, 6) is 0. The van der Waals surface area contributed by atoms with Gasteiger partial charge in [0.1, 0.15) is 5.70 Å². The SMILES string of the molecule is C=C[N+](CC)(CCC1=CC=CC(C)(C)C=C1)C(=C)C. The maximum atomic E-state index is 4.12. The zero-order valence-corrected chi connectivity index (χ0v) is 12.9. The highest BCUT2D eigenvalue weighted by Gasteiger charge is 2.23. The van der Waals surface area contributed by atoms with Gasteiger partial charge >= 0.3 is 0 Å². The molecule has 1 unspecified atom stereocenters. The standard InChI is InChI=1S/C18H28N/c1-7-19(8-2,16(3)4)15-12-17-10-9-13-18(5,6)14-11-17/h7,9-11,13-14H,1,3,8,12,15H2,2,4-6H3/q+1. The van der Waals surface area contributed by atoms with Gasteiger partial charge in [-0.15, -0.1) is 0 Å². The molecule has 1 aliphatic rings. The Kier molecular flexibility index (Phi) is 5.13. The molecule has 1 heteroatoms. The number of rotatable bonds is 6. The van der Waals surface area contributed by atoms with Gasteiger partial charge in [0.05, 0.1) is 19.3 Å². The minimum absolute atomic E-state index is 0.155. The van der Waals surface area contributed by atoms with E-state index in [4.69, 9.17) is 0 Å². The molecule has 0 saturated carbocycles. The second-order valence-electron chi connectivity index (χ2n) is 6.00. The molecular weight excluding hydrogens is 230 g/mol. The van der Waals surface area contributed by atoms with Crippen molar-refractivity contribution in [1.29, 1.82) is 0 Å². The topological polar surface area (TPSA) is 0 Å². The van der Waals surface area contributed by atoms with Gasteiger partial charge in [-0.05, 0) is 25.7 Å². The molecular formula is C18H28N+. The van der Waals surface area contributed by atoms with E-state index in [-0.39, 0.29) is 5.41 Å². The minimum atomic E-state index is 0.155. The highest BCUT2D eigenvalue weighted by atomic mass is 15.3. The first-order chi connectivity index (χ1) is 8.85. The van der Waals surface area contributed by atoms with Gasteiger partial charge in [-0.1, -0.05) is 44.2 Å². The Morgan fingerprint density at radius 1 is 1.37 bits per heavy atom. The molecule has 0 spiro atoms. The highest BCUT2D eigenvalue weighted by molar-refractivity contribution is 5.30. The van der Waals surface area contributed by atoms with Crippen molar-refractivity contribution in [3.05, 3.63) is 61.0 Å². The summed E-state index contributed by atoms with van der Waals surface area (Å²) >= 11 is 0. The van der Waals surface area contributed by atoms with Crippen LogP contribution in [0, 0.1) is 5.41 Å².